The molecule has 0 aliphatic rings. The molecule has 0 amide bonds. The first-order valence-corrected chi connectivity index (χ1v) is 9.13. The number of aromatic nitrogens is 2. The van der Waals surface area contributed by atoms with Crippen molar-refractivity contribution in [2.45, 2.75) is 34.6 Å². The van der Waals surface area contributed by atoms with Gasteiger partial charge in [0.2, 0.25) is 5.88 Å². The quantitative estimate of drug-likeness (QED) is 0.460. The molecule has 0 atom stereocenters. The minimum atomic E-state index is -0.361. The molecular formula is C20H18N2O3S. The molecule has 0 fully saturated rings. The number of ether oxygens (including phenoxy) is 1. The molecular weight excluding hydrogens is 348 g/mol. The summed E-state index contributed by atoms with van der Waals surface area (Å²) in [7, 11) is 0. The van der Waals surface area contributed by atoms with Crippen LogP contribution in [-0.2, 0) is 0 Å². The van der Waals surface area contributed by atoms with Gasteiger partial charge in [-0.3, -0.25) is 0 Å². The fraction of sp³-hybridized carbons (Fsp3) is 0.250. The van der Waals surface area contributed by atoms with E-state index in [0.717, 1.165) is 32.3 Å². The van der Waals surface area contributed by atoms with Crippen molar-refractivity contribution in [1.29, 1.82) is 0 Å². The molecule has 3 aromatic heterocycles. The van der Waals surface area contributed by atoms with E-state index in [0.29, 0.717) is 23.0 Å². The zero-order chi connectivity index (χ0) is 18.6. The first-order chi connectivity index (χ1) is 12.3. The Bertz CT molecular complexity index is 1240. The normalized spacial score (nSPS) is 11.4. The summed E-state index contributed by atoms with van der Waals surface area (Å²) in [4.78, 5) is 22.9. The molecule has 0 radical (unpaired) electrons. The summed E-state index contributed by atoms with van der Waals surface area (Å²) in [5.74, 6) is 1.82. The predicted octanol–water partition coefficient (Wildman–Crippen LogP) is 5.13. The average molecular weight is 366 g/mol. The van der Waals surface area contributed by atoms with Gasteiger partial charge in [-0.25, -0.2) is 9.78 Å². The molecule has 0 saturated heterocycles. The van der Waals surface area contributed by atoms with Crippen molar-refractivity contribution in [3.63, 3.8) is 0 Å². The smallest absolute Gasteiger partial charge is 0.336 e. The molecule has 1 aromatic carbocycles. The van der Waals surface area contributed by atoms with E-state index in [-0.39, 0.29) is 5.63 Å². The summed E-state index contributed by atoms with van der Waals surface area (Å²) in [6.45, 7) is 9.76. The number of thiophene rings is 1. The van der Waals surface area contributed by atoms with Crippen LogP contribution in [-0.4, -0.2) is 9.97 Å². The van der Waals surface area contributed by atoms with Gasteiger partial charge in [0.1, 0.15) is 22.0 Å². The Hall–Kier alpha value is -2.73. The minimum absolute atomic E-state index is 0.361. The third-order valence-corrected chi connectivity index (χ3v) is 5.73. The van der Waals surface area contributed by atoms with Crippen LogP contribution in [0.4, 0.5) is 0 Å². The molecule has 0 aliphatic carbocycles. The highest BCUT2D eigenvalue weighted by Gasteiger charge is 2.17. The number of hydrogen-bond donors (Lipinski definition) is 0. The molecule has 4 rings (SSSR count). The van der Waals surface area contributed by atoms with Crippen molar-refractivity contribution in [2.75, 3.05) is 0 Å². The first-order valence-electron chi connectivity index (χ1n) is 8.31. The first kappa shape index (κ1) is 16.7. The number of aryl methyl sites for hydroxylation is 5. The van der Waals surface area contributed by atoms with Crippen LogP contribution in [0.1, 0.15) is 27.4 Å². The lowest BCUT2D eigenvalue weighted by atomic mass is 10.1. The summed E-state index contributed by atoms with van der Waals surface area (Å²) in [5.41, 5.74) is 2.97. The van der Waals surface area contributed by atoms with Crippen LogP contribution in [0.2, 0.25) is 0 Å². The molecule has 0 bridgehead atoms. The molecule has 0 unspecified atom stereocenters. The lowest BCUT2D eigenvalue weighted by Gasteiger charge is -2.12. The molecule has 0 N–H and O–H groups in total. The van der Waals surface area contributed by atoms with Gasteiger partial charge in [-0.2, -0.15) is 4.98 Å². The maximum absolute atomic E-state index is 11.8. The van der Waals surface area contributed by atoms with E-state index in [1.807, 2.05) is 32.9 Å². The maximum Gasteiger partial charge on any atom is 0.336 e. The monoisotopic (exact) mass is 366 g/mol. The Morgan fingerprint density at radius 2 is 1.81 bits per heavy atom. The topological polar surface area (TPSA) is 65.2 Å². The van der Waals surface area contributed by atoms with E-state index in [1.54, 1.807) is 11.3 Å². The highest BCUT2D eigenvalue weighted by atomic mass is 32.1. The van der Waals surface area contributed by atoms with Crippen molar-refractivity contribution in [1.82, 2.24) is 9.97 Å². The van der Waals surface area contributed by atoms with Crippen molar-refractivity contribution in [3.05, 3.63) is 56.0 Å². The van der Waals surface area contributed by atoms with Crippen LogP contribution in [0, 0.1) is 34.6 Å². The third-order valence-electron chi connectivity index (χ3n) is 4.63. The van der Waals surface area contributed by atoms with E-state index in [9.17, 15) is 4.79 Å². The Morgan fingerprint density at radius 3 is 2.58 bits per heavy atom. The number of nitrogens with zero attached hydrogens (tertiary/aromatic N) is 2. The molecule has 6 heteroatoms. The van der Waals surface area contributed by atoms with E-state index in [1.165, 1.54) is 10.9 Å². The second kappa shape index (κ2) is 5.92. The van der Waals surface area contributed by atoms with E-state index in [4.69, 9.17) is 9.15 Å². The van der Waals surface area contributed by atoms with Crippen molar-refractivity contribution >= 4 is 32.5 Å². The van der Waals surface area contributed by atoms with E-state index < -0.39 is 0 Å². The van der Waals surface area contributed by atoms with Crippen molar-refractivity contribution < 1.29 is 9.15 Å². The second-order valence-electron chi connectivity index (χ2n) is 6.46. The Morgan fingerprint density at radius 1 is 1.04 bits per heavy atom. The molecule has 26 heavy (non-hydrogen) atoms. The Kier molecular flexibility index (Phi) is 3.80. The van der Waals surface area contributed by atoms with Gasteiger partial charge in [0, 0.05) is 21.9 Å². The van der Waals surface area contributed by atoms with Gasteiger partial charge in [-0.15, -0.1) is 11.3 Å². The fourth-order valence-corrected chi connectivity index (χ4v) is 4.17. The van der Waals surface area contributed by atoms with Crippen LogP contribution in [0.25, 0.3) is 21.2 Å². The van der Waals surface area contributed by atoms with Crippen molar-refractivity contribution in [2.24, 2.45) is 0 Å². The predicted molar refractivity (Wildman–Crippen MR) is 104 cm³/mol. The zero-order valence-electron chi connectivity index (χ0n) is 15.3. The molecule has 3 heterocycles. The van der Waals surface area contributed by atoms with Crippen molar-refractivity contribution in [3.8, 4) is 11.6 Å². The largest absolute Gasteiger partial charge is 0.438 e. The van der Waals surface area contributed by atoms with Gasteiger partial charge in [0.15, 0.2) is 0 Å². The maximum atomic E-state index is 11.8. The van der Waals surface area contributed by atoms with Crippen LogP contribution in [0.3, 0.4) is 0 Å². The lowest BCUT2D eigenvalue weighted by Crippen LogP contribution is -2.00. The number of fused-ring (bicyclic) bond motifs is 2. The molecule has 0 aliphatic heterocycles. The van der Waals surface area contributed by atoms with E-state index in [2.05, 4.69) is 23.8 Å². The minimum Gasteiger partial charge on any atom is -0.438 e. The molecule has 5 nitrogen and oxygen atoms in total. The van der Waals surface area contributed by atoms with Crippen LogP contribution >= 0.6 is 11.3 Å². The van der Waals surface area contributed by atoms with Crippen LogP contribution in [0.15, 0.2) is 27.4 Å². The van der Waals surface area contributed by atoms with Crippen LogP contribution in [0.5, 0.6) is 11.6 Å². The standard InChI is InChI=1S/C20H18N2O3S/c1-9-8-16(23)25-18-11(3)15(7-6-14(9)18)24-19-17-10(2)12(4)26-20(17)22-13(5)21-19/h6-8H,1-5H3. The van der Waals surface area contributed by atoms with Gasteiger partial charge in [0.25, 0.3) is 0 Å². The Labute approximate surface area is 154 Å². The molecule has 4 aromatic rings. The molecule has 0 spiro atoms. The number of rotatable bonds is 2. The summed E-state index contributed by atoms with van der Waals surface area (Å²) in [6, 6.07) is 5.30. The lowest BCUT2D eigenvalue weighted by molar-refractivity contribution is 0.461. The summed E-state index contributed by atoms with van der Waals surface area (Å²) >= 11 is 1.64. The zero-order valence-corrected chi connectivity index (χ0v) is 16.1. The molecule has 132 valence electrons. The Balaban J connectivity index is 1.92. The fourth-order valence-electron chi connectivity index (χ4n) is 3.10. The van der Waals surface area contributed by atoms with Gasteiger partial charge in [-0.1, -0.05) is 0 Å². The van der Waals surface area contributed by atoms with Gasteiger partial charge >= 0.3 is 5.63 Å². The third kappa shape index (κ3) is 2.57. The SMILES string of the molecule is Cc1nc(Oc2ccc3c(C)cc(=O)oc3c2C)c2c(C)c(C)sc2n1. The average Bonchev–Trinajstić information content (AvgIpc) is 2.84. The summed E-state index contributed by atoms with van der Waals surface area (Å²) in [5, 5.41) is 1.84. The van der Waals surface area contributed by atoms with Gasteiger partial charge < -0.3 is 9.15 Å². The van der Waals surface area contributed by atoms with Gasteiger partial charge in [-0.05, 0) is 57.9 Å². The highest BCUT2D eigenvalue weighted by Crippen LogP contribution is 2.38. The van der Waals surface area contributed by atoms with Crippen LogP contribution < -0.4 is 10.4 Å². The summed E-state index contributed by atoms with van der Waals surface area (Å²) < 4.78 is 11.6. The van der Waals surface area contributed by atoms with E-state index >= 15 is 0 Å². The second-order valence-corrected chi connectivity index (χ2v) is 7.66. The highest BCUT2D eigenvalue weighted by molar-refractivity contribution is 7.18. The summed E-state index contributed by atoms with van der Waals surface area (Å²) in [6.07, 6.45) is 0. The molecule has 0 saturated carbocycles. The van der Waals surface area contributed by atoms with Gasteiger partial charge in [0.05, 0.1) is 5.39 Å². The number of hydrogen-bond acceptors (Lipinski definition) is 6. The number of benzene rings is 1.